The highest BCUT2D eigenvalue weighted by Crippen LogP contribution is 2.08. The summed E-state index contributed by atoms with van der Waals surface area (Å²) in [6.45, 7) is 3.95. The largest absolute Gasteiger partial charge is 0.480 e. The standard InChI is InChI=1S/C8H15NO5S/c1-3-4-9(5-6-10)15(13,14)7(2)8(11)12/h3,7,10H,1,4-6H2,2H3,(H,11,12). The van der Waals surface area contributed by atoms with Crippen molar-refractivity contribution in [2.45, 2.75) is 12.2 Å². The van der Waals surface area contributed by atoms with Crippen LogP contribution in [0.4, 0.5) is 0 Å². The van der Waals surface area contributed by atoms with Crippen LogP contribution in [0.25, 0.3) is 0 Å². The summed E-state index contributed by atoms with van der Waals surface area (Å²) in [7, 11) is -3.92. The summed E-state index contributed by atoms with van der Waals surface area (Å²) < 4.78 is 24.2. The van der Waals surface area contributed by atoms with Gasteiger partial charge in [-0.05, 0) is 6.92 Å². The quantitative estimate of drug-likeness (QED) is 0.569. The van der Waals surface area contributed by atoms with Gasteiger partial charge in [-0.25, -0.2) is 8.42 Å². The molecule has 0 saturated carbocycles. The van der Waals surface area contributed by atoms with E-state index in [1.807, 2.05) is 0 Å². The molecule has 2 N–H and O–H groups in total. The van der Waals surface area contributed by atoms with Crippen molar-refractivity contribution in [1.29, 1.82) is 0 Å². The van der Waals surface area contributed by atoms with Gasteiger partial charge in [-0.1, -0.05) is 6.08 Å². The number of carboxylic acids is 1. The van der Waals surface area contributed by atoms with Crippen LogP contribution in [-0.4, -0.2) is 53.9 Å². The second kappa shape index (κ2) is 5.84. The molecule has 0 aromatic heterocycles. The Balaban J connectivity index is 4.93. The van der Waals surface area contributed by atoms with E-state index in [-0.39, 0.29) is 19.7 Å². The predicted molar refractivity (Wildman–Crippen MR) is 54.9 cm³/mol. The fourth-order valence-electron chi connectivity index (χ4n) is 0.929. The topological polar surface area (TPSA) is 94.9 Å². The second-order valence-corrected chi connectivity index (χ2v) is 5.15. The molecule has 0 aromatic rings. The summed E-state index contributed by atoms with van der Waals surface area (Å²) in [5, 5.41) is 15.7. The van der Waals surface area contributed by atoms with Crippen LogP contribution in [0.1, 0.15) is 6.92 Å². The minimum absolute atomic E-state index is 0.0134. The van der Waals surface area contributed by atoms with Gasteiger partial charge in [0, 0.05) is 13.1 Å². The molecule has 0 fully saturated rings. The minimum atomic E-state index is -3.92. The Bertz CT molecular complexity index is 324. The molecule has 0 rings (SSSR count). The van der Waals surface area contributed by atoms with Crippen LogP contribution in [0, 0.1) is 0 Å². The van der Waals surface area contributed by atoms with Crippen molar-refractivity contribution < 1.29 is 23.4 Å². The molecule has 1 atom stereocenters. The van der Waals surface area contributed by atoms with Crippen molar-refractivity contribution >= 4 is 16.0 Å². The summed E-state index contributed by atoms with van der Waals surface area (Å²) in [6.07, 6.45) is 1.34. The molecule has 1 unspecified atom stereocenters. The third-order valence-electron chi connectivity index (χ3n) is 1.84. The summed E-state index contributed by atoms with van der Waals surface area (Å²) in [5.74, 6) is -1.41. The molecule has 0 aliphatic rings. The van der Waals surface area contributed by atoms with Crippen molar-refractivity contribution in [3.63, 3.8) is 0 Å². The van der Waals surface area contributed by atoms with E-state index in [1.54, 1.807) is 0 Å². The normalized spacial score (nSPS) is 13.8. The first-order chi connectivity index (χ1) is 6.87. The van der Waals surface area contributed by atoms with E-state index in [2.05, 4.69) is 6.58 Å². The van der Waals surface area contributed by atoms with Gasteiger partial charge in [-0.15, -0.1) is 6.58 Å². The molecule has 0 aliphatic heterocycles. The zero-order valence-corrected chi connectivity index (χ0v) is 9.27. The van der Waals surface area contributed by atoms with E-state index in [0.29, 0.717) is 0 Å². The number of aliphatic hydroxyl groups excluding tert-OH is 1. The van der Waals surface area contributed by atoms with Crippen molar-refractivity contribution in [3.8, 4) is 0 Å². The van der Waals surface area contributed by atoms with Crippen molar-refractivity contribution in [2.75, 3.05) is 19.7 Å². The minimum Gasteiger partial charge on any atom is -0.480 e. The van der Waals surface area contributed by atoms with E-state index in [0.717, 1.165) is 11.2 Å². The van der Waals surface area contributed by atoms with E-state index in [4.69, 9.17) is 10.2 Å². The van der Waals surface area contributed by atoms with Gasteiger partial charge in [0.15, 0.2) is 5.25 Å². The fraction of sp³-hybridized carbons (Fsp3) is 0.625. The van der Waals surface area contributed by atoms with Gasteiger partial charge in [0.1, 0.15) is 0 Å². The van der Waals surface area contributed by atoms with Gasteiger partial charge < -0.3 is 10.2 Å². The lowest BCUT2D eigenvalue weighted by Crippen LogP contribution is -2.42. The molecule has 0 bridgehead atoms. The Morgan fingerprint density at radius 2 is 2.13 bits per heavy atom. The first-order valence-electron chi connectivity index (χ1n) is 4.31. The lowest BCUT2D eigenvalue weighted by Gasteiger charge is -2.21. The number of carbonyl (C=O) groups is 1. The number of rotatable bonds is 7. The van der Waals surface area contributed by atoms with E-state index >= 15 is 0 Å². The molecule has 0 radical (unpaired) electrons. The van der Waals surface area contributed by atoms with Gasteiger partial charge in [0.25, 0.3) is 0 Å². The Kier molecular flexibility index (Phi) is 5.48. The summed E-state index contributed by atoms with van der Waals surface area (Å²) in [6, 6.07) is 0. The monoisotopic (exact) mass is 237 g/mol. The molecule has 15 heavy (non-hydrogen) atoms. The molecule has 88 valence electrons. The lowest BCUT2D eigenvalue weighted by molar-refractivity contribution is -0.136. The molecule has 0 heterocycles. The molecule has 0 aromatic carbocycles. The maximum absolute atomic E-state index is 11.6. The first kappa shape index (κ1) is 14.1. The highest BCUT2D eigenvalue weighted by atomic mass is 32.2. The number of aliphatic hydroxyl groups is 1. The number of aliphatic carboxylic acids is 1. The average Bonchev–Trinajstić information content (AvgIpc) is 2.16. The van der Waals surface area contributed by atoms with Crippen molar-refractivity contribution in [3.05, 3.63) is 12.7 Å². The van der Waals surface area contributed by atoms with Crippen molar-refractivity contribution in [2.24, 2.45) is 0 Å². The molecule has 6 nitrogen and oxygen atoms in total. The molecule has 0 saturated heterocycles. The van der Waals surface area contributed by atoms with Crippen LogP contribution < -0.4 is 0 Å². The fourth-order valence-corrected chi connectivity index (χ4v) is 2.28. The molecular weight excluding hydrogens is 222 g/mol. The first-order valence-corrected chi connectivity index (χ1v) is 5.81. The van der Waals surface area contributed by atoms with Crippen LogP contribution in [-0.2, 0) is 14.8 Å². The molecule has 7 heteroatoms. The van der Waals surface area contributed by atoms with Crippen LogP contribution in [0.3, 0.4) is 0 Å². The number of carboxylic acid groups (broad SMARTS) is 1. The SMILES string of the molecule is C=CCN(CCO)S(=O)(=O)C(C)C(=O)O. The smallest absolute Gasteiger partial charge is 0.323 e. The number of nitrogens with zero attached hydrogens (tertiary/aromatic N) is 1. The van der Waals surface area contributed by atoms with Crippen LogP contribution in [0.15, 0.2) is 12.7 Å². The van der Waals surface area contributed by atoms with Crippen LogP contribution >= 0.6 is 0 Å². The van der Waals surface area contributed by atoms with Crippen LogP contribution in [0.5, 0.6) is 0 Å². The highest BCUT2D eigenvalue weighted by Gasteiger charge is 2.32. The van der Waals surface area contributed by atoms with Gasteiger partial charge in [0.2, 0.25) is 10.0 Å². The number of hydrogen-bond donors (Lipinski definition) is 2. The Morgan fingerprint density at radius 1 is 1.60 bits per heavy atom. The molecule has 0 amide bonds. The Morgan fingerprint density at radius 3 is 2.47 bits per heavy atom. The van der Waals surface area contributed by atoms with Crippen LogP contribution in [0.2, 0.25) is 0 Å². The van der Waals surface area contributed by atoms with Gasteiger partial charge in [0.05, 0.1) is 6.61 Å². The lowest BCUT2D eigenvalue weighted by atomic mass is 10.5. The van der Waals surface area contributed by atoms with Gasteiger partial charge >= 0.3 is 5.97 Å². The average molecular weight is 237 g/mol. The summed E-state index contributed by atoms with van der Waals surface area (Å²) in [5.41, 5.74) is 0. The Labute approximate surface area is 88.9 Å². The molecule has 0 spiro atoms. The third kappa shape index (κ3) is 3.61. The maximum Gasteiger partial charge on any atom is 0.323 e. The van der Waals surface area contributed by atoms with Crippen molar-refractivity contribution in [1.82, 2.24) is 4.31 Å². The zero-order chi connectivity index (χ0) is 12.1. The van der Waals surface area contributed by atoms with Gasteiger partial charge in [-0.2, -0.15) is 4.31 Å². The van der Waals surface area contributed by atoms with E-state index in [1.165, 1.54) is 6.08 Å². The number of sulfonamides is 1. The molecular formula is C8H15NO5S. The maximum atomic E-state index is 11.6. The predicted octanol–water partition coefficient (Wildman–Crippen LogP) is -0.730. The molecule has 0 aliphatic carbocycles. The summed E-state index contributed by atoms with van der Waals surface area (Å²) in [4.78, 5) is 10.6. The second-order valence-electron chi connectivity index (χ2n) is 2.90. The summed E-state index contributed by atoms with van der Waals surface area (Å²) >= 11 is 0. The van der Waals surface area contributed by atoms with E-state index < -0.39 is 21.2 Å². The zero-order valence-electron chi connectivity index (χ0n) is 8.46. The third-order valence-corrected chi connectivity index (χ3v) is 3.98. The number of hydrogen-bond acceptors (Lipinski definition) is 4. The van der Waals surface area contributed by atoms with E-state index in [9.17, 15) is 13.2 Å². The highest BCUT2D eigenvalue weighted by molar-refractivity contribution is 7.90. The Hall–Kier alpha value is -0.920. The van der Waals surface area contributed by atoms with Gasteiger partial charge in [-0.3, -0.25) is 4.79 Å².